The minimum absolute atomic E-state index is 0.0231. The maximum atomic E-state index is 14.4. The Kier molecular flexibility index (Phi) is 33.2. The summed E-state index contributed by atoms with van der Waals surface area (Å²) in [6.45, 7) is 10.1. The molecule has 0 heterocycles. The Bertz CT molecular complexity index is 2560. The summed E-state index contributed by atoms with van der Waals surface area (Å²) in [6, 6.07) is 42.9. The summed E-state index contributed by atoms with van der Waals surface area (Å²) >= 11 is 6.40. The molecule has 0 fully saturated rings. The molecular weight excluding hydrogens is 1130 g/mol. The molecule has 83 heavy (non-hydrogen) atoms. The van der Waals surface area contributed by atoms with Crippen molar-refractivity contribution in [1.29, 1.82) is 0 Å². The van der Waals surface area contributed by atoms with Gasteiger partial charge in [0.05, 0.1) is 25.7 Å². The van der Waals surface area contributed by atoms with Gasteiger partial charge in [0.1, 0.15) is 51.1 Å². The number of carbonyl (C=O) groups excluding carboxylic acids is 6. The van der Waals surface area contributed by atoms with Crippen LogP contribution in [0.15, 0.2) is 152 Å². The molecule has 0 spiro atoms. The van der Waals surface area contributed by atoms with Gasteiger partial charge in [-0.05, 0) is 61.1 Å². The molecule has 18 heteroatoms. The van der Waals surface area contributed by atoms with Crippen LogP contribution in [-0.4, -0.2) is 133 Å². The van der Waals surface area contributed by atoms with Gasteiger partial charge in [0.15, 0.2) is 5.78 Å². The number of allylic oxidation sites excluding steroid dienone is 1. The number of rotatable bonds is 43. The van der Waals surface area contributed by atoms with E-state index in [1.54, 1.807) is 65.2 Å². The summed E-state index contributed by atoms with van der Waals surface area (Å²) in [7, 11) is 0. The number of nitrogens with one attached hydrogen (secondary N) is 2. The molecule has 3 unspecified atom stereocenters. The predicted molar refractivity (Wildman–Crippen MR) is 337 cm³/mol. The van der Waals surface area contributed by atoms with Crippen LogP contribution in [0.25, 0.3) is 0 Å². The molecule has 2 N–H and O–H groups in total. The van der Waals surface area contributed by atoms with Crippen LogP contribution in [0.3, 0.4) is 0 Å². The first-order chi connectivity index (χ1) is 40.4. The number of thioether (sulfide) groups is 4. The number of ketones is 1. The Morgan fingerprint density at radius 2 is 0.892 bits per heavy atom. The molecule has 0 saturated carbocycles. The van der Waals surface area contributed by atoms with E-state index in [0.717, 1.165) is 40.8 Å². The van der Waals surface area contributed by atoms with Gasteiger partial charge in [-0.15, -0.1) is 0 Å². The number of amides is 1. The van der Waals surface area contributed by atoms with Crippen LogP contribution in [0.1, 0.15) is 72.1 Å². The largest absolute Gasteiger partial charge is 0.492 e. The van der Waals surface area contributed by atoms with Gasteiger partial charge in [0.2, 0.25) is 5.91 Å². The van der Waals surface area contributed by atoms with Gasteiger partial charge in [-0.25, -0.2) is 0 Å². The summed E-state index contributed by atoms with van der Waals surface area (Å²) in [5.41, 5.74) is 4.69. The van der Waals surface area contributed by atoms with Crippen LogP contribution in [0.5, 0.6) is 11.5 Å². The quantitative estimate of drug-likeness (QED) is 0.0163. The van der Waals surface area contributed by atoms with Gasteiger partial charge in [-0.1, -0.05) is 134 Å². The summed E-state index contributed by atoms with van der Waals surface area (Å²) in [6.07, 6.45) is 2.74. The van der Waals surface area contributed by atoms with Gasteiger partial charge in [-0.3, -0.25) is 28.8 Å². The normalized spacial score (nSPS) is 12.0. The lowest BCUT2D eigenvalue weighted by Crippen LogP contribution is -2.32. The van der Waals surface area contributed by atoms with Crippen LogP contribution < -0.4 is 20.1 Å². The highest BCUT2D eigenvalue weighted by Gasteiger charge is 2.24. The highest BCUT2D eigenvalue weighted by molar-refractivity contribution is 8.03. The SMILES string of the molecule is C=C(C)NCCCCC(CC(=O)c1cc(OCC(CSCCOC(=O)Cc2ccccc2)SCCOC(=O)Cc2ccccc2)cc(OCC(CSCCOC(=O)Cc2ccccc2)SCCOC(=O)Cc2ccccc2)c1)C(=O)NCC. The van der Waals surface area contributed by atoms with Crippen molar-refractivity contribution in [2.75, 3.05) is 87.2 Å². The van der Waals surface area contributed by atoms with Gasteiger partial charge in [-0.2, -0.15) is 47.0 Å². The van der Waals surface area contributed by atoms with E-state index >= 15 is 0 Å². The van der Waals surface area contributed by atoms with Gasteiger partial charge < -0.3 is 39.1 Å². The number of esters is 4. The van der Waals surface area contributed by atoms with E-state index in [4.69, 9.17) is 28.4 Å². The summed E-state index contributed by atoms with van der Waals surface area (Å²) in [5.74, 6) is 1.90. The highest BCUT2D eigenvalue weighted by Crippen LogP contribution is 2.29. The molecule has 0 aliphatic rings. The molecule has 0 radical (unpaired) electrons. The minimum Gasteiger partial charge on any atom is -0.492 e. The Balaban J connectivity index is 1.30. The van der Waals surface area contributed by atoms with Crippen molar-refractivity contribution in [1.82, 2.24) is 10.6 Å². The van der Waals surface area contributed by atoms with Crippen molar-refractivity contribution < 1.29 is 57.2 Å². The van der Waals surface area contributed by atoms with E-state index < -0.39 is 5.92 Å². The van der Waals surface area contributed by atoms with Gasteiger partial charge >= 0.3 is 23.9 Å². The second kappa shape index (κ2) is 40.8. The first kappa shape index (κ1) is 67.5. The lowest BCUT2D eigenvalue weighted by Gasteiger charge is -2.20. The molecule has 0 aliphatic carbocycles. The molecule has 0 saturated heterocycles. The average molecular weight is 1210 g/mol. The number of Topliss-reactive ketones (excluding diaryl/α,β-unsaturated/α-hetero) is 1. The monoisotopic (exact) mass is 1210 g/mol. The fourth-order valence-corrected chi connectivity index (χ4v) is 12.4. The number of carbonyl (C=O) groups is 6. The van der Waals surface area contributed by atoms with Gasteiger partial charge in [0.25, 0.3) is 0 Å². The average Bonchev–Trinajstić information content (AvgIpc) is 3.52. The molecule has 0 bridgehead atoms. The lowest BCUT2D eigenvalue weighted by molar-refractivity contribution is -0.143. The van der Waals surface area contributed by atoms with Crippen molar-refractivity contribution in [2.45, 2.75) is 75.7 Å². The van der Waals surface area contributed by atoms with E-state index in [2.05, 4.69) is 17.2 Å². The third-order valence-electron chi connectivity index (χ3n) is 12.4. The van der Waals surface area contributed by atoms with Crippen molar-refractivity contribution in [3.05, 3.63) is 180 Å². The molecule has 446 valence electrons. The Labute approximate surface area is 507 Å². The fourth-order valence-electron chi connectivity index (χ4n) is 8.22. The number of benzene rings is 5. The van der Waals surface area contributed by atoms with E-state index in [0.29, 0.717) is 71.1 Å². The third kappa shape index (κ3) is 30.2. The Morgan fingerprint density at radius 1 is 0.506 bits per heavy atom. The third-order valence-corrected chi connectivity index (χ3v) is 17.3. The molecule has 5 aromatic carbocycles. The molecule has 14 nitrogen and oxygen atoms in total. The molecule has 5 aromatic rings. The second-order valence-electron chi connectivity index (χ2n) is 19.4. The number of unbranched alkanes of at least 4 members (excludes halogenated alkanes) is 1. The highest BCUT2D eigenvalue weighted by atomic mass is 32.2. The molecule has 1 amide bonds. The molecule has 0 aromatic heterocycles. The topological polar surface area (TPSA) is 182 Å². The number of hydrogen-bond acceptors (Lipinski definition) is 17. The summed E-state index contributed by atoms with van der Waals surface area (Å²) < 4.78 is 35.5. The first-order valence-corrected chi connectivity index (χ1v) is 32.6. The van der Waals surface area contributed by atoms with Crippen LogP contribution in [0.4, 0.5) is 0 Å². The van der Waals surface area contributed by atoms with Crippen LogP contribution in [0.2, 0.25) is 0 Å². The molecule has 0 aliphatic heterocycles. The standard InChI is InChI=1S/C65H80N2O12S4/c1-4-66-65(73)54(27-17-18-28-67-49(2)3)43-60(68)55-41-56(78-45-58(82-35-31-76-63(71)39-52-23-13-7-14-24-52)47-80-33-29-74-61(69)37-50-19-9-5-10-20-50)44-57(42-55)79-46-59(83-36-32-77-64(72)40-53-25-15-8-16-26-53)48-81-34-30-75-62(70)38-51-21-11-6-12-22-51/h5-16,19-26,41-42,44,54,58-59,67H,2,4,17-18,27-40,43,45-48H2,1,3H3,(H,66,73). The van der Waals surface area contributed by atoms with E-state index in [1.165, 1.54) is 0 Å². The van der Waals surface area contributed by atoms with Crippen molar-refractivity contribution in [3.8, 4) is 11.5 Å². The second-order valence-corrected chi connectivity index (χ2v) is 24.5. The summed E-state index contributed by atoms with van der Waals surface area (Å²) in [4.78, 5) is 78.5. The van der Waals surface area contributed by atoms with E-state index in [-0.39, 0.29) is 118 Å². The number of hydrogen-bond donors (Lipinski definition) is 2. The van der Waals surface area contributed by atoms with Crippen LogP contribution in [-0.2, 0) is 68.6 Å². The van der Waals surface area contributed by atoms with E-state index in [9.17, 15) is 28.8 Å². The zero-order valence-corrected chi connectivity index (χ0v) is 51.1. The first-order valence-electron chi connectivity index (χ1n) is 28.2. The van der Waals surface area contributed by atoms with E-state index in [1.807, 2.05) is 135 Å². The molecule has 5 rings (SSSR count). The minimum atomic E-state index is -0.560. The van der Waals surface area contributed by atoms with Crippen molar-refractivity contribution in [3.63, 3.8) is 0 Å². The summed E-state index contributed by atoms with van der Waals surface area (Å²) in [5, 5.41) is 5.92. The smallest absolute Gasteiger partial charge is 0.310 e. The number of ether oxygens (including phenoxy) is 6. The zero-order valence-electron chi connectivity index (χ0n) is 47.8. The maximum Gasteiger partial charge on any atom is 0.310 e. The fraction of sp³-hybridized carbons (Fsp3) is 0.415. The lowest BCUT2D eigenvalue weighted by atomic mass is 9.92. The molecule has 3 atom stereocenters. The maximum absolute atomic E-state index is 14.4. The Hall–Kier alpha value is -6.34. The van der Waals surface area contributed by atoms with Crippen LogP contribution >= 0.6 is 47.0 Å². The van der Waals surface area contributed by atoms with Crippen LogP contribution in [0, 0.1) is 5.92 Å². The van der Waals surface area contributed by atoms with Crippen molar-refractivity contribution in [2.24, 2.45) is 5.92 Å². The van der Waals surface area contributed by atoms with Gasteiger partial charge in [0, 0.05) is 87.8 Å². The molecular formula is C65H80N2O12S4. The van der Waals surface area contributed by atoms with Crippen molar-refractivity contribution >= 4 is 82.6 Å². The predicted octanol–water partition coefficient (Wildman–Crippen LogP) is 10.9. The zero-order chi connectivity index (χ0) is 59.1. The Morgan fingerprint density at radius 3 is 1.27 bits per heavy atom.